The van der Waals surface area contributed by atoms with E-state index in [1.54, 1.807) is 0 Å². The fourth-order valence-corrected chi connectivity index (χ4v) is 4.09. The van der Waals surface area contributed by atoms with Crippen LogP contribution in [0.2, 0.25) is 0 Å². The molecule has 0 aromatic heterocycles. The van der Waals surface area contributed by atoms with Crippen molar-refractivity contribution in [1.29, 1.82) is 0 Å². The zero-order chi connectivity index (χ0) is 28.6. The second-order valence-electron chi connectivity index (χ2n) is 9.37. The highest BCUT2D eigenvalue weighted by Gasteiger charge is 2.34. The maximum absolute atomic E-state index is 12.9. The minimum Gasteiger partial charge on any atom is -0.508 e. The molecule has 2 aliphatic heterocycles. The first kappa shape index (κ1) is 26.8. The third kappa shape index (κ3) is 5.78. The average Bonchev–Trinajstić information content (AvgIpc) is 3.83. The molecule has 4 N–H and O–H groups in total. The van der Waals surface area contributed by atoms with Gasteiger partial charge >= 0.3 is 11.9 Å². The Bertz CT molecular complexity index is 1390. The smallest absolute Gasteiger partial charge is 0.336 e. The second kappa shape index (κ2) is 10.8. The van der Waals surface area contributed by atoms with Crippen LogP contribution >= 0.6 is 0 Å². The topological polar surface area (TPSA) is 159 Å². The van der Waals surface area contributed by atoms with Gasteiger partial charge in [0, 0.05) is 12.2 Å². The highest BCUT2D eigenvalue weighted by Crippen LogP contribution is 2.56. The van der Waals surface area contributed by atoms with Gasteiger partial charge in [0.2, 0.25) is 0 Å². The van der Waals surface area contributed by atoms with Crippen LogP contribution in [0, 0.1) is 0 Å². The molecular weight excluding hydrogens is 520 g/mol. The standard InChI is InChI=1S/C30H26O10/c1-15-21(37-15)11-13-23(33)39-29-25(17-3-7-19(31)8-4-17)27(35)28(36)26(18-5-9-20(32)10-6-18)30(29)40-24(34)14-12-22-16(2)38-22/h3-16,21-22,31-32,35-36H,1-2H3/t15-,16-,21-,22-/m0/s1. The first-order valence-corrected chi connectivity index (χ1v) is 12.4. The van der Waals surface area contributed by atoms with E-state index in [9.17, 15) is 30.0 Å². The molecule has 2 fully saturated rings. The number of phenols is 4. The van der Waals surface area contributed by atoms with Gasteiger partial charge in [0.1, 0.15) is 23.7 Å². The fourth-order valence-electron chi connectivity index (χ4n) is 4.09. The van der Waals surface area contributed by atoms with Crippen LogP contribution in [0.3, 0.4) is 0 Å². The lowest BCUT2D eigenvalue weighted by atomic mass is 9.95. The maximum atomic E-state index is 12.9. The lowest BCUT2D eigenvalue weighted by Crippen LogP contribution is -2.12. The summed E-state index contributed by atoms with van der Waals surface area (Å²) >= 11 is 0. The summed E-state index contributed by atoms with van der Waals surface area (Å²) in [7, 11) is 0. The van der Waals surface area contributed by atoms with Crippen molar-refractivity contribution in [3.05, 3.63) is 72.8 Å². The van der Waals surface area contributed by atoms with Gasteiger partial charge in [-0.05, 0) is 61.4 Å². The number of carbonyl (C=O) groups excluding carboxylic acids is 2. The third-order valence-corrected chi connectivity index (χ3v) is 6.44. The molecule has 0 saturated carbocycles. The van der Waals surface area contributed by atoms with Gasteiger partial charge in [0.05, 0.1) is 23.3 Å². The monoisotopic (exact) mass is 546 g/mol. The molecule has 2 saturated heterocycles. The first-order valence-electron chi connectivity index (χ1n) is 12.4. The summed E-state index contributed by atoms with van der Waals surface area (Å²) in [6.45, 7) is 3.67. The number of hydrogen-bond donors (Lipinski definition) is 4. The molecule has 0 aliphatic carbocycles. The van der Waals surface area contributed by atoms with E-state index in [-0.39, 0.29) is 69.7 Å². The molecule has 2 heterocycles. The highest BCUT2D eigenvalue weighted by atomic mass is 16.6. The van der Waals surface area contributed by atoms with E-state index in [0.717, 1.165) is 12.2 Å². The molecule has 0 radical (unpaired) electrons. The van der Waals surface area contributed by atoms with Crippen LogP contribution in [-0.4, -0.2) is 56.8 Å². The van der Waals surface area contributed by atoms with E-state index in [1.165, 1.54) is 60.7 Å². The van der Waals surface area contributed by atoms with Crippen LogP contribution in [0.5, 0.6) is 34.5 Å². The van der Waals surface area contributed by atoms with Crippen LogP contribution in [0.25, 0.3) is 22.3 Å². The van der Waals surface area contributed by atoms with Gasteiger partial charge in [-0.1, -0.05) is 24.3 Å². The molecule has 4 atom stereocenters. The van der Waals surface area contributed by atoms with Gasteiger partial charge in [-0.25, -0.2) is 9.59 Å². The van der Waals surface area contributed by atoms with Crippen molar-refractivity contribution >= 4 is 11.9 Å². The van der Waals surface area contributed by atoms with Gasteiger partial charge in [-0.15, -0.1) is 0 Å². The van der Waals surface area contributed by atoms with Crippen molar-refractivity contribution in [2.75, 3.05) is 0 Å². The summed E-state index contributed by atoms with van der Waals surface area (Å²) < 4.78 is 21.9. The van der Waals surface area contributed by atoms with E-state index >= 15 is 0 Å². The number of aromatic hydroxyl groups is 4. The van der Waals surface area contributed by atoms with Crippen LogP contribution in [0.15, 0.2) is 72.8 Å². The summed E-state index contributed by atoms with van der Waals surface area (Å²) in [6.07, 6.45) is 4.73. The Kier molecular flexibility index (Phi) is 7.20. The van der Waals surface area contributed by atoms with Gasteiger partial charge in [0.15, 0.2) is 23.0 Å². The molecule has 2 aliphatic rings. The SMILES string of the molecule is C[C@@H]1O[C@H]1C=CC(=O)Oc1c(OC(=O)C=C[C@@H]2O[C@H]2C)c(-c2ccc(O)cc2)c(O)c(O)c1-c1ccc(O)cc1. The van der Waals surface area contributed by atoms with Crippen molar-refractivity contribution in [3.8, 4) is 56.8 Å². The fraction of sp³-hybridized carbons (Fsp3) is 0.200. The minimum absolute atomic E-state index is 0.0445. The Morgan fingerprint density at radius 2 is 0.975 bits per heavy atom. The average molecular weight is 547 g/mol. The molecule has 5 rings (SSSR count). The van der Waals surface area contributed by atoms with Gasteiger partial charge in [-0.3, -0.25) is 0 Å². The summed E-state index contributed by atoms with van der Waals surface area (Å²) in [5.74, 6) is -3.92. The molecule has 40 heavy (non-hydrogen) atoms. The number of epoxide rings is 2. The van der Waals surface area contributed by atoms with Gasteiger partial charge in [0.25, 0.3) is 0 Å². The maximum Gasteiger partial charge on any atom is 0.336 e. The summed E-state index contributed by atoms with van der Waals surface area (Å²) in [5.41, 5.74) is 0.149. The highest BCUT2D eigenvalue weighted by molar-refractivity contribution is 5.98. The lowest BCUT2D eigenvalue weighted by molar-refractivity contribution is -0.131. The number of rotatable bonds is 8. The predicted octanol–water partition coefficient (Wildman–Crippen LogP) is 4.34. The molecule has 0 amide bonds. The molecule has 3 aromatic carbocycles. The summed E-state index contributed by atoms with van der Waals surface area (Å²) in [6, 6.07) is 11.0. The number of ether oxygens (including phenoxy) is 4. The second-order valence-corrected chi connectivity index (χ2v) is 9.37. The van der Waals surface area contributed by atoms with Crippen LogP contribution in [-0.2, 0) is 19.1 Å². The number of phenolic OH excluding ortho intramolecular Hbond substituents is 4. The summed E-state index contributed by atoms with van der Waals surface area (Å²) in [4.78, 5) is 25.8. The van der Waals surface area contributed by atoms with Crippen LogP contribution in [0.4, 0.5) is 0 Å². The van der Waals surface area contributed by atoms with E-state index in [0.29, 0.717) is 0 Å². The van der Waals surface area contributed by atoms with Crippen molar-refractivity contribution < 1.29 is 49.0 Å². The Labute approximate surface area is 228 Å². The Morgan fingerprint density at radius 1 is 0.650 bits per heavy atom. The molecule has 0 unspecified atom stereocenters. The lowest BCUT2D eigenvalue weighted by Gasteiger charge is -2.20. The van der Waals surface area contributed by atoms with Crippen molar-refractivity contribution in [1.82, 2.24) is 0 Å². The van der Waals surface area contributed by atoms with Crippen LogP contribution < -0.4 is 9.47 Å². The van der Waals surface area contributed by atoms with Gasteiger partial charge in [-0.2, -0.15) is 0 Å². The minimum atomic E-state index is -0.863. The largest absolute Gasteiger partial charge is 0.508 e. The molecule has 206 valence electrons. The summed E-state index contributed by atoms with van der Waals surface area (Å²) in [5, 5.41) is 41.9. The molecule has 0 spiro atoms. The zero-order valence-electron chi connectivity index (χ0n) is 21.5. The Morgan fingerprint density at radius 3 is 1.27 bits per heavy atom. The first-order chi connectivity index (χ1) is 19.1. The number of esters is 2. The number of carbonyl (C=O) groups is 2. The van der Waals surface area contributed by atoms with E-state index < -0.39 is 23.4 Å². The zero-order valence-corrected chi connectivity index (χ0v) is 21.5. The number of hydrogen-bond acceptors (Lipinski definition) is 10. The molecule has 3 aromatic rings. The van der Waals surface area contributed by atoms with Crippen LogP contribution in [0.1, 0.15) is 13.8 Å². The molecular formula is C30H26O10. The van der Waals surface area contributed by atoms with E-state index in [4.69, 9.17) is 18.9 Å². The molecule has 10 heteroatoms. The molecule has 10 nitrogen and oxygen atoms in total. The molecule has 0 bridgehead atoms. The van der Waals surface area contributed by atoms with E-state index in [1.807, 2.05) is 13.8 Å². The predicted molar refractivity (Wildman–Crippen MR) is 142 cm³/mol. The Balaban J connectivity index is 1.68. The quantitative estimate of drug-likeness (QED) is 0.105. The third-order valence-electron chi connectivity index (χ3n) is 6.44. The number of benzene rings is 3. The van der Waals surface area contributed by atoms with Crippen molar-refractivity contribution in [2.45, 2.75) is 38.3 Å². The van der Waals surface area contributed by atoms with Crippen molar-refractivity contribution in [3.63, 3.8) is 0 Å². The van der Waals surface area contributed by atoms with Gasteiger partial charge < -0.3 is 39.4 Å². The van der Waals surface area contributed by atoms with E-state index in [2.05, 4.69) is 0 Å². The normalized spacial score (nSPS) is 21.4. The Hall–Kier alpha value is -4.80. The van der Waals surface area contributed by atoms with Crippen molar-refractivity contribution in [2.24, 2.45) is 0 Å².